The zero-order valence-electron chi connectivity index (χ0n) is 20.2. The highest BCUT2D eigenvalue weighted by Gasteiger charge is 2.45. The van der Waals surface area contributed by atoms with Crippen LogP contribution in [0.15, 0.2) is 72.3 Å². The Kier molecular flexibility index (Phi) is 7.50. The van der Waals surface area contributed by atoms with Crippen LogP contribution in [-0.4, -0.2) is 49.6 Å². The second-order valence-corrected chi connectivity index (χ2v) is 8.62. The molecule has 36 heavy (non-hydrogen) atoms. The topological polar surface area (TPSA) is 85.3 Å². The first-order valence-corrected chi connectivity index (χ1v) is 11.6. The molecule has 1 aliphatic heterocycles. The SMILES string of the molecule is COc1ccc(CCN2C(=O)C(=O)/C(=C(\O)c3ccc(OC)c(Cl)c3)C2c2ccc(OC)cc2)cc1. The molecule has 1 atom stereocenters. The van der Waals surface area contributed by atoms with Gasteiger partial charge in [-0.15, -0.1) is 0 Å². The molecule has 4 rings (SSSR count). The molecule has 0 bridgehead atoms. The number of aliphatic hydroxyl groups excluding tert-OH is 1. The third-order valence-corrected chi connectivity index (χ3v) is 6.49. The van der Waals surface area contributed by atoms with Crippen molar-refractivity contribution in [1.82, 2.24) is 4.90 Å². The molecule has 1 saturated heterocycles. The number of rotatable bonds is 8. The Balaban J connectivity index is 1.75. The van der Waals surface area contributed by atoms with Crippen molar-refractivity contribution in [2.45, 2.75) is 12.5 Å². The van der Waals surface area contributed by atoms with Gasteiger partial charge in [0.2, 0.25) is 0 Å². The van der Waals surface area contributed by atoms with Gasteiger partial charge in [0.1, 0.15) is 23.0 Å². The lowest BCUT2D eigenvalue weighted by molar-refractivity contribution is -0.139. The van der Waals surface area contributed by atoms with E-state index >= 15 is 0 Å². The average Bonchev–Trinajstić information content (AvgIpc) is 3.16. The van der Waals surface area contributed by atoms with Crippen molar-refractivity contribution < 1.29 is 28.9 Å². The normalized spacial score (nSPS) is 16.8. The van der Waals surface area contributed by atoms with E-state index in [1.807, 2.05) is 24.3 Å². The lowest BCUT2D eigenvalue weighted by Crippen LogP contribution is -2.31. The fourth-order valence-corrected chi connectivity index (χ4v) is 4.51. The van der Waals surface area contributed by atoms with E-state index in [0.717, 1.165) is 11.3 Å². The van der Waals surface area contributed by atoms with Crippen molar-refractivity contribution in [1.29, 1.82) is 0 Å². The zero-order chi connectivity index (χ0) is 25.8. The lowest BCUT2D eigenvalue weighted by Gasteiger charge is -2.25. The number of likely N-dealkylation sites (tertiary alicyclic amines) is 1. The van der Waals surface area contributed by atoms with Crippen molar-refractivity contribution in [3.8, 4) is 17.2 Å². The number of methoxy groups -OCH3 is 3. The van der Waals surface area contributed by atoms with Crippen LogP contribution in [0.2, 0.25) is 5.02 Å². The summed E-state index contributed by atoms with van der Waals surface area (Å²) >= 11 is 6.26. The summed E-state index contributed by atoms with van der Waals surface area (Å²) in [6.07, 6.45) is 0.512. The molecule has 1 N–H and O–H groups in total. The number of nitrogens with zero attached hydrogens (tertiary/aromatic N) is 1. The minimum Gasteiger partial charge on any atom is -0.507 e. The summed E-state index contributed by atoms with van der Waals surface area (Å²) in [6, 6.07) is 18.5. The fraction of sp³-hybridized carbons (Fsp3) is 0.214. The molecule has 0 radical (unpaired) electrons. The van der Waals surface area contributed by atoms with Crippen LogP contribution in [0, 0.1) is 0 Å². The Hall–Kier alpha value is -3.97. The van der Waals surface area contributed by atoms with Crippen molar-refractivity contribution in [2.75, 3.05) is 27.9 Å². The Morgan fingerprint density at radius 1 is 0.889 bits per heavy atom. The Morgan fingerprint density at radius 2 is 1.50 bits per heavy atom. The summed E-state index contributed by atoms with van der Waals surface area (Å²) in [5, 5.41) is 11.5. The molecule has 0 aliphatic carbocycles. The predicted molar refractivity (Wildman–Crippen MR) is 137 cm³/mol. The number of amides is 1. The summed E-state index contributed by atoms with van der Waals surface area (Å²) in [5.41, 5.74) is 1.97. The number of halogens is 1. The molecule has 0 aromatic heterocycles. The fourth-order valence-electron chi connectivity index (χ4n) is 4.25. The van der Waals surface area contributed by atoms with E-state index in [-0.39, 0.29) is 22.9 Å². The number of hydrogen-bond acceptors (Lipinski definition) is 6. The van der Waals surface area contributed by atoms with Crippen LogP contribution in [0.3, 0.4) is 0 Å². The number of carbonyl (C=O) groups excluding carboxylic acids is 2. The van der Waals surface area contributed by atoms with Gasteiger partial charge in [-0.25, -0.2) is 0 Å². The van der Waals surface area contributed by atoms with Gasteiger partial charge >= 0.3 is 0 Å². The maximum Gasteiger partial charge on any atom is 0.295 e. The molecular formula is C28H26ClNO6. The third-order valence-electron chi connectivity index (χ3n) is 6.20. The summed E-state index contributed by atoms with van der Waals surface area (Å²) in [6.45, 7) is 0.272. The van der Waals surface area contributed by atoms with Gasteiger partial charge in [0, 0.05) is 12.1 Å². The monoisotopic (exact) mass is 507 g/mol. The predicted octanol–water partition coefficient (Wildman–Crippen LogP) is 5.03. The van der Waals surface area contributed by atoms with Crippen molar-refractivity contribution in [3.05, 3.63) is 94.0 Å². The summed E-state index contributed by atoms with van der Waals surface area (Å²) in [5.74, 6) is 0.0671. The molecule has 186 valence electrons. The van der Waals surface area contributed by atoms with E-state index in [9.17, 15) is 14.7 Å². The van der Waals surface area contributed by atoms with Gasteiger partial charge in [0.15, 0.2) is 0 Å². The van der Waals surface area contributed by atoms with Crippen LogP contribution in [0.5, 0.6) is 17.2 Å². The highest BCUT2D eigenvalue weighted by atomic mass is 35.5. The highest BCUT2D eigenvalue weighted by Crippen LogP contribution is 2.40. The minimum absolute atomic E-state index is 0.00105. The van der Waals surface area contributed by atoms with Crippen LogP contribution < -0.4 is 14.2 Å². The van der Waals surface area contributed by atoms with Gasteiger partial charge in [-0.1, -0.05) is 35.9 Å². The molecule has 0 spiro atoms. The molecule has 7 nitrogen and oxygen atoms in total. The van der Waals surface area contributed by atoms with E-state index in [1.165, 1.54) is 18.1 Å². The lowest BCUT2D eigenvalue weighted by atomic mass is 9.95. The van der Waals surface area contributed by atoms with Crippen molar-refractivity contribution in [3.63, 3.8) is 0 Å². The average molecular weight is 508 g/mol. The Bertz CT molecular complexity index is 1300. The van der Waals surface area contributed by atoms with E-state index in [1.54, 1.807) is 50.6 Å². The first-order valence-electron chi connectivity index (χ1n) is 11.3. The van der Waals surface area contributed by atoms with E-state index in [4.69, 9.17) is 25.8 Å². The highest BCUT2D eigenvalue weighted by molar-refractivity contribution is 6.46. The van der Waals surface area contributed by atoms with Gasteiger partial charge in [0.05, 0.1) is 38.0 Å². The number of benzene rings is 3. The largest absolute Gasteiger partial charge is 0.507 e. The minimum atomic E-state index is -0.782. The number of ketones is 1. The smallest absolute Gasteiger partial charge is 0.295 e. The molecule has 3 aromatic carbocycles. The zero-order valence-corrected chi connectivity index (χ0v) is 20.9. The standard InChI is InChI=1S/C28H26ClNO6/c1-34-20-9-4-17(5-10-20)14-15-30-25(18-6-11-21(35-2)12-7-18)24(27(32)28(30)33)26(31)19-8-13-23(36-3)22(29)16-19/h4-13,16,25,31H,14-15H2,1-3H3/b26-24-. The van der Waals surface area contributed by atoms with Gasteiger partial charge in [-0.2, -0.15) is 0 Å². The van der Waals surface area contributed by atoms with Crippen LogP contribution in [0.25, 0.3) is 5.76 Å². The molecule has 1 aliphatic rings. The second-order valence-electron chi connectivity index (χ2n) is 8.21. The summed E-state index contributed by atoms with van der Waals surface area (Å²) < 4.78 is 15.6. The Labute approximate surface area is 214 Å². The maximum atomic E-state index is 13.2. The van der Waals surface area contributed by atoms with Crippen LogP contribution in [0.4, 0.5) is 0 Å². The van der Waals surface area contributed by atoms with Gasteiger partial charge in [0.25, 0.3) is 11.7 Å². The van der Waals surface area contributed by atoms with Gasteiger partial charge in [-0.05, 0) is 60.0 Å². The third kappa shape index (κ3) is 4.88. The second kappa shape index (κ2) is 10.7. The first kappa shape index (κ1) is 25.1. The first-order chi connectivity index (χ1) is 17.4. The molecule has 0 saturated carbocycles. The van der Waals surface area contributed by atoms with Gasteiger partial charge < -0.3 is 24.2 Å². The number of ether oxygens (including phenoxy) is 3. The van der Waals surface area contributed by atoms with Gasteiger partial charge in [-0.3, -0.25) is 9.59 Å². The van der Waals surface area contributed by atoms with E-state index in [0.29, 0.717) is 29.0 Å². The number of carbonyl (C=O) groups is 2. The molecule has 1 amide bonds. The van der Waals surface area contributed by atoms with E-state index in [2.05, 4.69) is 0 Å². The molecule has 1 heterocycles. The summed E-state index contributed by atoms with van der Waals surface area (Å²) in [7, 11) is 4.64. The molecular weight excluding hydrogens is 482 g/mol. The number of hydrogen-bond donors (Lipinski definition) is 1. The summed E-state index contributed by atoms with van der Waals surface area (Å²) in [4.78, 5) is 27.9. The molecule has 8 heteroatoms. The van der Waals surface area contributed by atoms with Crippen molar-refractivity contribution >= 4 is 29.1 Å². The van der Waals surface area contributed by atoms with Crippen molar-refractivity contribution in [2.24, 2.45) is 0 Å². The number of aliphatic hydroxyl groups is 1. The van der Waals surface area contributed by atoms with Crippen LogP contribution in [0.1, 0.15) is 22.7 Å². The van der Waals surface area contributed by atoms with E-state index < -0.39 is 17.7 Å². The molecule has 1 unspecified atom stereocenters. The maximum absolute atomic E-state index is 13.2. The van der Waals surface area contributed by atoms with Crippen LogP contribution >= 0.6 is 11.6 Å². The number of Topliss-reactive ketones (excluding diaryl/α,β-unsaturated/α-hetero) is 1. The quantitative estimate of drug-likeness (QED) is 0.261. The Morgan fingerprint density at radius 3 is 2.06 bits per heavy atom. The van der Waals surface area contributed by atoms with Crippen LogP contribution in [-0.2, 0) is 16.0 Å². The molecule has 3 aromatic rings. The molecule has 1 fully saturated rings.